The molecule has 0 fully saturated rings. The van der Waals surface area contributed by atoms with Crippen LogP contribution in [0.5, 0.6) is 11.5 Å². The molecule has 0 aromatic heterocycles. The van der Waals surface area contributed by atoms with Crippen molar-refractivity contribution in [1.29, 1.82) is 0 Å². The number of amides is 1. The molecular weight excluding hydrogens is 240 g/mol. The quantitative estimate of drug-likeness (QED) is 0.643. The van der Waals surface area contributed by atoms with Gasteiger partial charge in [-0.1, -0.05) is 0 Å². The summed E-state index contributed by atoms with van der Waals surface area (Å²) in [6, 6.07) is 3.18. The van der Waals surface area contributed by atoms with E-state index in [-0.39, 0.29) is 0 Å². The Morgan fingerprint density at radius 2 is 1.94 bits per heavy atom. The van der Waals surface area contributed by atoms with Crippen molar-refractivity contribution in [2.45, 2.75) is 6.04 Å². The Balaban J connectivity index is 2.10. The highest BCUT2D eigenvalue weighted by molar-refractivity contribution is 6.07. The molecule has 1 unspecified atom stereocenters. The smallest absolute Gasteiger partial charge is 0.330 e. The molecule has 2 rings (SSSR count). The predicted octanol–water partition coefficient (Wildman–Crippen LogP) is -0.192. The number of carboxylic acid groups (broad SMARTS) is 1. The van der Waals surface area contributed by atoms with E-state index in [1.54, 1.807) is 18.2 Å². The molecule has 1 aliphatic rings. The van der Waals surface area contributed by atoms with Crippen molar-refractivity contribution in [2.24, 2.45) is 5.73 Å². The Hall–Kier alpha value is -2.28. The van der Waals surface area contributed by atoms with Crippen molar-refractivity contribution in [3.05, 3.63) is 18.2 Å². The lowest BCUT2D eigenvalue weighted by Crippen LogP contribution is -2.42. The molecule has 1 atom stereocenters. The van der Waals surface area contributed by atoms with Crippen molar-refractivity contribution in [3.8, 4) is 11.5 Å². The molecule has 1 aromatic carbocycles. The fourth-order valence-electron chi connectivity index (χ4n) is 1.45. The molecule has 0 saturated heterocycles. The number of carboxylic acids is 1. The lowest BCUT2D eigenvalue weighted by molar-refractivity contribution is -0.141. The van der Waals surface area contributed by atoms with Crippen LogP contribution in [0.2, 0.25) is 0 Å². The van der Waals surface area contributed by atoms with E-state index in [1.165, 1.54) is 0 Å². The van der Waals surface area contributed by atoms with Gasteiger partial charge in [0.1, 0.15) is 13.2 Å². The number of carbonyl (C=O) groups excluding carboxylic acids is 1. The predicted molar refractivity (Wildman–Crippen MR) is 61.7 cm³/mol. The summed E-state index contributed by atoms with van der Waals surface area (Å²) < 4.78 is 10.6. The minimum Gasteiger partial charge on any atom is -0.486 e. The summed E-state index contributed by atoms with van der Waals surface area (Å²) in [5.41, 5.74) is 5.58. The molecule has 18 heavy (non-hydrogen) atoms. The Morgan fingerprint density at radius 3 is 2.61 bits per heavy atom. The number of nitrogens with one attached hydrogen (secondary N) is 1. The molecule has 0 saturated carbocycles. The van der Waals surface area contributed by atoms with Crippen molar-refractivity contribution < 1.29 is 24.2 Å². The van der Waals surface area contributed by atoms with E-state index >= 15 is 0 Å². The van der Waals surface area contributed by atoms with Gasteiger partial charge in [-0.2, -0.15) is 0 Å². The van der Waals surface area contributed by atoms with Gasteiger partial charge in [-0.25, -0.2) is 4.79 Å². The number of fused-ring (bicyclic) bond motifs is 1. The maximum atomic E-state index is 11.4. The average Bonchev–Trinajstić information content (AvgIpc) is 2.37. The van der Waals surface area contributed by atoms with E-state index in [0.717, 1.165) is 0 Å². The summed E-state index contributed by atoms with van der Waals surface area (Å²) in [6.45, 7) is 0.904. The van der Waals surface area contributed by atoms with Gasteiger partial charge in [-0.3, -0.25) is 4.79 Å². The summed E-state index contributed by atoms with van der Waals surface area (Å²) in [5, 5.41) is 11.0. The molecule has 4 N–H and O–H groups in total. The zero-order valence-corrected chi connectivity index (χ0v) is 9.38. The highest BCUT2D eigenvalue weighted by atomic mass is 16.6. The first-order chi connectivity index (χ1) is 8.58. The van der Waals surface area contributed by atoms with Crippen molar-refractivity contribution in [3.63, 3.8) is 0 Å². The van der Waals surface area contributed by atoms with Crippen LogP contribution in [-0.2, 0) is 9.59 Å². The van der Waals surface area contributed by atoms with E-state index in [0.29, 0.717) is 30.4 Å². The number of nitrogens with two attached hydrogens (primary N) is 1. The molecule has 0 spiro atoms. The fourth-order valence-corrected chi connectivity index (χ4v) is 1.45. The molecule has 0 aliphatic carbocycles. The maximum absolute atomic E-state index is 11.4. The van der Waals surface area contributed by atoms with Gasteiger partial charge in [0.05, 0.1) is 0 Å². The van der Waals surface area contributed by atoms with E-state index in [9.17, 15) is 9.59 Å². The first-order valence-corrected chi connectivity index (χ1v) is 5.27. The van der Waals surface area contributed by atoms with Crippen LogP contribution in [0, 0.1) is 0 Å². The Bertz CT molecular complexity index is 488. The third-order valence-corrected chi connectivity index (χ3v) is 2.36. The second-order valence-electron chi connectivity index (χ2n) is 3.66. The van der Waals surface area contributed by atoms with Crippen LogP contribution in [0.1, 0.15) is 0 Å². The van der Waals surface area contributed by atoms with E-state index in [1.807, 2.05) is 0 Å². The highest BCUT2D eigenvalue weighted by Crippen LogP contribution is 2.32. The molecular formula is C11H12N2O5. The van der Waals surface area contributed by atoms with E-state index in [4.69, 9.17) is 20.3 Å². The fraction of sp³-hybridized carbons (Fsp3) is 0.273. The van der Waals surface area contributed by atoms with Gasteiger partial charge in [-0.15, -0.1) is 0 Å². The monoisotopic (exact) mass is 252 g/mol. The second kappa shape index (κ2) is 4.92. The zero-order chi connectivity index (χ0) is 13.1. The molecule has 1 heterocycles. The number of rotatable bonds is 3. The lowest BCUT2D eigenvalue weighted by atomic mass is 10.2. The average molecular weight is 252 g/mol. The Labute approximate surface area is 102 Å². The number of hydrogen-bond acceptors (Lipinski definition) is 5. The molecule has 7 nitrogen and oxygen atoms in total. The number of ether oxygens (including phenoxy) is 2. The minimum atomic E-state index is -1.60. The Kier molecular flexibility index (Phi) is 3.33. The van der Waals surface area contributed by atoms with Crippen LogP contribution in [-0.4, -0.2) is 36.2 Å². The van der Waals surface area contributed by atoms with Crippen molar-refractivity contribution in [1.82, 2.24) is 0 Å². The van der Waals surface area contributed by atoms with Crippen LogP contribution in [0.3, 0.4) is 0 Å². The summed E-state index contributed by atoms with van der Waals surface area (Å²) in [4.78, 5) is 22.0. The summed E-state index contributed by atoms with van der Waals surface area (Å²) in [6.07, 6.45) is 0. The number of aliphatic carboxylic acids is 1. The molecule has 0 radical (unpaired) electrons. The standard InChI is InChI=1S/C11H12N2O5/c12-9(11(15)16)10(14)13-6-1-2-7-8(5-6)18-4-3-17-7/h1-2,5,9H,3-4,12H2,(H,13,14)(H,15,16). The van der Waals surface area contributed by atoms with E-state index < -0.39 is 17.9 Å². The lowest BCUT2D eigenvalue weighted by Gasteiger charge is -2.19. The van der Waals surface area contributed by atoms with Crippen molar-refractivity contribution in [2.75, 3.05) is 18.5 Å². The van der Waals surface area contributed by atoms with Crippen LogP contribution in [0.25, 0.3) is 0 Å². The first kappa shape index (κ1) is 12.2. The SMILES string of the molecule is NC(C(=O)O)C(=O)Nc1ccc2c(c1)OCCO2. The zero-order valence-electron chi connectivity index (χ0n) is 9.38. The third-order valence-electron chi connectivity index (χ3n) is 2.36. The van der Waals surface area contributed by atoms with Crippen LogP contribution in [0.4, 0.5) is 5.69 Å². The minimum absolute atomic E-state index is 0.404. The number of carbonyl (C=O) groups is 2. The third kappa shape index (κ3) is 2.51. The van der Waals surface area contributed by atoms with Gasteiger partial charge in [0.2, 0.25) is 0 Å². The van der Waals surface area contributed by atoms with Crippen LogP contribution in [0.15, 0.2) is 18.2 Å². The number of hydrogen-bond donors (Lipinski definition) is 3. The molecule has 0 bridgehead atoms. The molecule has 96 valence electrons. The van der Waals surface area contributed by atoms with Gasteiger partial charge in [0, 0.05) is 11.8 Å². The number of anilines is 1. The van der Waals surface area contributed by atoms with Gasteiger partial charge in [0.25, 0.3) is 5.91 Å². The van der Waals surface area contributed by atoms with E-state index in [2.05, 4.69) is 5.32 Å². The molecule has 1 aromatic rings. The second-order valence-corrected chi connectivity index (χ2v) is 3.66. The maximum Gasteiger partial charge on any atom is 0.330 e. The summed E-state index contributed by atoms with van der Waals surface area (Å²) >= 11 is 0. The Morgan fingerprint density at radius 1 is 1.28 bits per heavy atom. The summed E-state index contributed by atoms with van der Waals surface area (Å²) in [7, 11) is 0. The highest BCUT2D eigenvalue weighted by Gasteiger charge is 2.21. The van der Waals surface area contributed by atoms with Gasteiger partial charge in [0.15, 0.2) is 17.5 Å². The van der Waals surface area contributed by atoms with Gasteiger partial charge < -0.3 is 25.6 Å². The number of benzene rings is 1. The molecule has 7 heteroatoms. The largest absolute Gasteiger partial charge is 0.486 e. The van der Waals surface area contributed by atoms with Gasteiger partial charge >= 0.3 is 5.97 Å². The first-order valence-electron chi connectivity index (χ1n) is 5.27. The van der Waals surface area contributed by atoms with Crippen LogP contribution < -0.4 is 20.5 Å². The van der Waals surface area contributed by atoms with Crippen LogP contribution >= 0.6 is 0 Å². The normalized spacial score (nSPS) is 14.7. The molecule has 1 amide bonds. The molecule has 1 aliphatic heterocycles. The topological polar surface area (TPSA) is 111 Å². The van der Waals surface area contributed by atoms with Crippen molar-refractivity contribution >= 4 is 17.6 Å². The van der Waals surface area contributed by atoms with Gasteiger partial charge in [-0.05, 0) is 12.1 Å². The summed E-state index contributed by atoms with van der Waals surface area (Å²) in [5.74, 6) is -1.09.